The molecule has 108 valence electrons. The minimum absolute atomic E-state index is 0.147. The molecule has 0 aromatic heterocycles. The minimum atomic E-state index is 0.147. The van der Waals surface area contributed by atoms with Crippen LogP contribution >= 0.6 is 0 Å². The van der Waals surface area contributed by atoms with Crippen LogP contribution in [0.15, 0.2) is 0 Å². The third-order valence-electron chi connectivity index (χ3n) is 2.80. The average Bonchev–Trinajstić information content (AvgIpc) is 2.30. The average molecular weight is 258 g/mol. The van der Waals surface area contributed by atoms with Gasteiger partial charge in [-0.15, -0.1) is 0 Å². The fourth-order valence-corrected chi connectivity index (χ4v) is 1.55. The zero-order valence-electron chi connectivity index (χ0n) is 12.5. The van der Waals surface area contributed by atoms with Crippen molar-refractivity contribution in [1.82, 2.24) is 0 Å². The fourth-order valence-electron chi connectivity index (χ4n) is 1.55. The van der Waals surface area contributed by atoms with Crippen molar-refractivity contribution in [2.75, 3.05) is 26.4 Å². The molecule has 0 aromatic carbocycles. The summed E-state index contributed by atoms with van der Waals surface area (Å²) in [6.07, 6.45) is 3.80. The summed E-state index contributed by atoms with van der Waals surface area (Å²) in [5.41, 5.74) is 0. The zero-order chi connectivity index (χ0) is 13.8. The van der Waals surface area contributed by atoms with E-state index in [0.717, 1.165) is 25.4 Å². The van der Waals surface area contributed by atoms with Crippen molar-refractivity contribution in [2.24, 2.45) is 11.8 Å². The van der Waals surface area contributed by atoms with Crippen LogP contribution in [0.1, 0.15) is 53.4 Å². The second kappa shape index (κ2) is 11.7. The predicted octanol–water partition coefficient (Wildman–Crippen LogP) is 3.46. The highest BCUT2D eigenvalue weighted by Crippen LogP contribution is 2.03. The normalized spacial score (nSPS) is 11.4. The molecule has 18 heavy (non-hydrogen) atoms. The molecule has 3 nitrogen and oxygen atoms in total. The third-order valence-corrected chi connectivity index (χ3v) is 2.80. The Bertz CT molecular complexity index is 200. The van der Waals surface area contributed by atoms with E-state index in [1.165, 1.54) is 6.42 Å². The van der Waals surface area contributed by atoms with E-state index in [1.54, 1.807) is 0 Å². The smallest absolute Gasteiger partial charge is 0.135 e. The molecular weight excluding hydrogens is 228 g/mol. The van der Waals surface area contributed by atoms with Gasteiger partial charge >= 0.3 is 0 Å². The molecule has 0 unspecified atom stereocenters. The van der Waals surface area contributed by atoms with E-state index in [-0.39, 0.29) is 5.92 Å². The Balaban J connectivity index is 3.10. The Morgan fingerprint density at radius 1 is 0.889 bits per heavy atom. The van der Waals surface area contributed by atoms with Gasteiger partial charge in [0, 0.05) is 25.6 Å². The third kappa shape index (κ3) is 12.1. The summed E-state index contributed by atoms with van der Waals surface area (Å²) in [6, 6.07) is 0. The summed E-state index contributed by atoms with van der Waals surface area (Å²) in [7, 11) is 0. The van der Waals surface area contributed by atoms with Gasteiger partial charge in [-0.1, -0.05) is 27.7 Å². The van der Waals surface area contributed by atoms with Crippen LogP contribution in [0.4, 0.5) is 0 Å². The SMILES string of the molecule is CC(C)CCCOCCOCCCC(=O)C(C)C. The Morgan fingerprint density at radius 2 is 1.44 bits per heavy atom. The van der Waals surface area contributed by atoms with Gasteiger partial charge in [-0.25, -0.2) is 0 Å². The molecule has 0 saturated heterocycles. The maximum Gasteiger partial charge on any atom is 0.135 e. The van der Waals surface area contributed by atoms with Crippen LogP contribution < -0.4 is 0 Å². The van der Waals surface area contributed by atoms with Crippen LogP contribution in [0.3, 0.4) is 0 Å². The number of hydrogen-bond donors (Lipinski definition) is 0. The van der Waals surface area contributed by atoms with E-state index >= 15 is 0 Å². The first kappa shape index (κ1) is 17.6. The highest BCUT2D eigenvalue weighted by atomic mass is 16.5. The second-order valence-electron chi connectivity index (χ2n) is 5.49. The van der Waals surface area contributed by atoms with Crippen LogP contribution in [0.2, 0.25) is 0 Å². The lowest BCUT2D eigenvalue weighted by Gasteiger charge is -2.07. The minimum Gasteiger partial charge on any atom is -0.379 e. The summed E-state index contributed by atoms with van der Waals surface area (Å²) in [5.74, 6) is 1.22. The first-order valence-electron chi connectivity index (χ1n) is 7.22. The second-order valence-corrected chi connectivity index (χ2v) is 5.49. The van der Waals surface area contributed by atoms with Gasteiger partial charge in [-0.3, -0.25) is 4.79 Å². The van der Waals surface area contributed by atoms with Crippen LogP contribution in [0.5, 0.6) is 0 Å². The van der Waals surface area contributed by atoms with Gasteiger partial charge in [-0.05, 0) is 25.2 Å². The lowest BCUT2D eigenvalue weighted by Crippen LogP contribution is -2.10. The lowest BCUT2D eigenvalue weighted by atomic mass is 10.1. The molecule has 0 spiro atoms. The van der Waals surface area contributed by atoms with Crippen LogP contribution in [-0.2, 0) is 14.3 Å². The van der Waals surface area contributed by atoms with E-state index in [9.17, 15) is 4.79 Å². The quantitative estimate of drug-likeness (QED) is 0.503. The molecule has 0 amide bonds. The molecule has 0 saturated carbocycles. The summed E-state index contributed by atoms with van der Waals surface area (Å²) < 4.78 is 10.9. The molecule has 0 fully saturated rings. The van der Waals surface area contributed by atoms with Crippen molar-refractivity contribution in [3.63, 3.8) is 0 Å². The van der Waals surface area contributed by atoms with Crippen molar-refractivity contribution < 1.29 is 14.3 Å². The van der Waals surface area contributed by atoms with Gasteiger partial charge in [0.05, 0.1) is 13.2 Å². The molecule has 0 aliphatic carbocycles. The van der Waals surface area contributed by atoms with Crippen LogP contribution in [0, 0.1) is 11.8 Å². The van der Waals surface area contributed by atoms with E-state index < -0.39 is 0 Å². The van der Waals surface area contributed by atoms with Crippen molar-refractivity contribution in [2.45, 2.75) is 53.4 Å². The molecule has 0 heterocycles. The number of hydrogen-bond acceptors (Lipinski definition) is 3. The van der Waals surface area contributed by atoms with Gasteiger partial charge in [0.15, 0.2) is 0 Å². The molecule has 0 aromatic rings. The van der Waals surface area contributed by atoms with Gasteiger partial charge in [0.25, 0.3) is 0 Å². The number of ketones is 1. The van der Waals surface area contributed by atoms with Gasteiger partial charge < -0.3 is 9.47 Å². The summed E-state index contributed by atoms with van der Waals surface area (Å²) in [6.45, 7) is 11.1. The predicted molar refractivity (Wildman–Crippen MR) is 74.8 cm³/mol. The lowest BCUT2D eigenvalue weighted by molar-refractivity contribution is -0.122. The van der Waals surface area contributed by atoms with Crippen LogP contribution in [-0.4, -0.2) is 32.2 Å². The van der Waals surface area contributed by atoms with E-state index in [2.05, 4.69) is 13.8 Å². The molecule has 0 atom stereocenters. The first-order valence-corrected chi connectivity index (χ1v) is 7.22. The Kier molecular flexibility index (Phi) is 11.4. The standard InChI is InChI=1S/C15H30O3/c1-13(2)7-5-9-17-11-12-18-10-6-8-15(16)14(3)4/h13-14H,5-12H2,1-4H3. The molecule has 0 aliphatic rings. The van der Waals surface area contributed by atoms with Crippen molar-refractivity contribution in [3.05, 3.63) is 0 Å². The largest absolute Gasteiger partial charge is 0.379 e. The summed E-state index contributed by atoms with van der Waals surface area (Å²) in [5, 5.41) is 0. The van der Waals surface area contributed by atoms with Crippen LogP contribution in [0.25, 0.3) is 0 Å². The van der Waals surface area contributed by atoms with Crippen molar-refractivity contribution in [1.29, 1.82) is 0 Å². The monoisotopic (exact) mass is 258 g/mol. The fraction of sp³-hybridized carbons (Fsp3) is 0.933. The molecule has 0 aliphatic heterocycles. The molecule has 0 N–H and O–H groups in total. The molecule has 0 rings (SSSR count). The maximum atomic E-state index is 11.3. The molecule has 0 radical (unpaired) electrons. The number of Topliss-reactive ketones (excluding diaryl/α,β-unsaturated/α-hetero) is 1. The van der Waals surface area contributed by atoms with E-state index in [1.807, 2.05) is 13.8 Å². The molecule has 0 bridgehead atoms. The highest BCUT2D eigenvalue weighted by molar-refractivity contribution is 5.80. The summed E-state index contributed by atoms with van der Waals surface area (Å²) >= 11 is 0. The topological polar surface area (TPSA) is 35.5 Å². The number of carbonyl (C=O) groups is 1. The summed E-state index contributed by atoms with van der Waals surface area (Å²) in [4.78, 5) is 11.3. The Morgan fingerprint density at radius 3 is 1.94 bits per heavy atom. The van der Waals surface area contributed by atoms with E-state index in [4.69, 9.17) is 9.47 Å². The van der Waals surface area contributed by atoms with Crippen molar-refractivity contribution in [3.8, 4) is 0 Å². The number of carbonyl (C=O) groups excluding carboxylic acids is 1. The number of ether oxygens (including phenoxy) is 2. The Hall–Kier alpha value is -0.410. The highest BCUT2D eigenvalue weighted by Gasteiger charge is 2.05. The maximum absolute atomic E-state index is 11.3. The van der Waals surface area contributed by atoms with E-state index in [0.29, 0.717) is 32.0 Å². The Labute approximate surface area is 112 Å². The van der Waals surface area contributed by atoms with Gasteiger partial charge in [0.1, 0.15) is 5.78 Å². The molecule has 3 heteroatoms. The van der Waals surface area contributed by atoms with Crippen molar-refractivity contribution >= 4 is 5.78 Å². The molecular formula is C15H30O3. The van der Waals surface area contributed by atoms with Gasteiger partial charge in [0.2, 0.25) is 0 Å². The zero-order valence-corrected chi connectivity index (χ0v) is 12.5. The number of rotatable bonds is 12. The van der Waals surface area contributed by atoms with Gasteiger partial charge in [-0.2, -0.15) is 0 Å². The first-order chi connectivity index (χ1) is 8.54.